The lowest BCUT2D eigenvalue weighted by molar-refractivity contribution is 0.756. The fourth-order valence-electron chi connectivity index (χ4n) is 1.41. The number of aryl methyl sites for hydroxylation is 2. The van der Waals surface area contributed by atoms with Crippen molar-refractivity contribution in [2.45, 2.75) is 6.92 Å². The highest BCUT2D eigenvalue weighted by atomic mass is 15.2. The van der Waals surface area contributed by atoms with Crippen molar-refractivity contribution in [1.29, 1.82) is 0 Å². The standard InChI is InChI=1S/C10H11N3.H3N/c1-8-10(7-13(2)12-8)9-3-5-11-6-4-9;/h3-7H,1-2H3;1H3. The second kappa shape index (κ2) is 4.02. The maximum Gasteiger partial charge on any atom is 0.0671 e. The molecule has 0 aliphatic heterocycles. The SMILES string of the molecule is Cc1nn(C)cc1-c1ccncc1.N. The lowest BCUT2D eigenvalue weighted by Gasteiger charge is -1.95. The van der Waals surface area contributed by atoms with Gasteiger partial charge in [-0.05, 0) is 24.6 Å². The third kappa shape index (κ3) is 1.80. The normalized spacial score (nSPS) is 9.57. The van der Waals surface area contributed by atoms with Crippen LogP contribution in [0.25, 0.3) is 11.1 Å². The first-order valence-corrected chi connectivity index (χ1v) is 4.18. The zero-order valence-corrected chi connectivity index (χ0v) is 8.44. The third-order valence-corrected chi connectivity index (χ3v) is 2.00. The molecule has 14 heavy (non-hydrogen) atoms. The van der Waals surface area contributed by atoms with Gasteiger partial charge in [0.1, 0.15) is 0 Å². The molecule has 4 nitrogen and oxygen atoms in total. The van der Waals surface area contributed by atoms with E-state index < -0.39 is 0 Å². The summed E-state index contributed by atoms with van der Waals surface area (Å²) in [5.74, 6) is 0. The van der Waals surface area contributed by atoms with Crippen LogP contribution in [0, 0.1) is 6.92 Å². The first-order valence-electron chi connectivity index (χ1n) is 4.18. The van der Waals surface area contributed by atoms with Crippen LogP contribution >= 0.6 is 0 Å². The molecule has 0 aliphatic rings. The molecule has 74 valence electrons. The summed E-state index contributed by atoms with van der Waals surface area (Å²) in [6.07, 6.45) is 5.61. The summed E-state index contributed by atoms with van der Waals surface area (Å²) in [5, 5.41) is 4.28. The van der Waals surface area contributed by atoms with E-state index in [1.807, 2.05) is 37.0 Å². The van der Waals surface area contributed by atoms with Gasteiger partial charge in [-0.3, -0.25) is 9.67 Å². The number of pyridine rings is 1. The minimum Gasteiger partial charge on any atom is -0.344 e. The Kier molecular flexibility index (Phi) is 2.99. The van der Waals surface area contributed by atoms with Gasteiger partial charge in [0, 0.05) is 31.2 Å². The Bertz CT molecular complexity index is 405. The molecule has 0 bridgehead atoms. The van der Waals surface area contributed by atoms with E-state index >= 15 is 0 Å². The molecule has 0 unspecified atom stereocenters. The Balaban J connectivity index is 0.000000980. The second-order valence-corrected chi connectivity index (χ2v) is 3.04. The van der Waals surface area contributed by atoms with Crippen molar-refractivity contribution in [3.05, 3.63) is 36.4 Å². The van der Waals surface area contributed by atoms with Crippen LogP contribution in [0.15, 0.2) is 30.7 Å². The van der Waals surface area contributed by atoms with Gasteiger partial charge in [-0.1, -0.05) is 0 Å². The monoisotopic (exact) mass is 190 g/mol. The lowest BCUT2D eigenvalue weighted by atomic mass is 10.1. The summed E-state index contributed by atoms with van der Waals surface area (Å²) in [6.45, 7) is 2.01. The molecule has 3 N–H and O–H groups in total. The van der Waals surface area contributed by atoms with Crippen LogP contribution in [0.4, 0.5) is 0 Å². The Morgan fingerprint density at radius 2 is 1.86 bits per heavy atom. The first kappa shape index (κ1) is 10.4. The van der Waals surface area contributed by atoms with Crippen LogP contribution in [-0.4, -0.2) is 14.8 Å². The van der Waals surface area contributed by atoms with Crippen molar-refractivity contribution in [2.24, 2.45) is 7.05 Å². The van der Waals surface area contributed by atoms with Crippen LogP contribution in [0.1, 0.15) is 5.69 Å². The number of hydrogen-bond acceptors (Lipinski definition) is 3. The van der Waals surface area contributed by atoms with Crippen LogP contribution in [0.5, 0.6) is 0 Å². The molecular formula is C10H14N4. The van der Waals surface area contributed by atoms with Crippen LogP contribution < -0.4 is 6.15 Å². The van der Waals surface area contributed by atoms with E-state index in [1.54, 1.807) is 12.4 Å². The molecule has 0 aromatic carbocycles. The second-order valence-electron chi connectivity index (χ2n) is 3.04. The molecule has 2 aromatic heterocycles. The molecule has 0 saturated heterocycles. The predicted molar refractivity (Wildman–Crippen MR) is 56.2 cm³/mol. The molecule has 0 radical (unpaired) electrons. The fourth-order valence-corrected chi connectivity index (χ4v) is 1.41. The van der Waals surface area contributed by atoms with Gasteiger partial charge >= 0.3 is 0 Å². The Labute approximate surface area is 83.2 Å². The number of hydrogen-bond donors (Lipinski definition) is 1. The zero-order valence-electron chi connectivity index (χ0n) is 8.44. The average Bonchev–Trinajstić information content (AvgIpc) is 2.47. The Morgan fingerprint density at radius 1 is 1.21 bits per heavy atom. The largest absolute Gasteiger partial charge is 0.344 e. The minimum absolute atomic E-state index is 0. The topological polar surface area (TPSA) is 65.7 Å². The summed E-state index contributed by atoms with van der Waals surface area (Å²) in [6, 6.07) is 3.98. The maximum atomic E-state index is 4.28. The summed E-state index contributed by atoms with van der Waals surface area (Å²) in [4.78, 5) is 3.98. The summed E-state index contributed by atoms with van der Waals surface area (Å²) in [7, 11) is 1.93. The van der Waals surface area contributed by atoms with Crippen molar-refractivity contribution in [3.63, 3.8) is 0 Å². The van der Waals surface area contributed by atoms with E-state index in [2.05, 4.69) is 10.1 Å². The highest BCUT2D eigenvalue weighted by molar-refractivity contribution is 5.64. The highest BCUT2D eigenvalue weighted by Crippen LogP contribution is 2.20. The number of nitrogens with zero attached hydrogens (tertiary/aromatic N) is 3. The quantitative estimate of drug-likeness (QED) is 0.747. The lowest BCUT2D eigenvalue weighted by Crippen LogP contribution is -1.86. The van der Waals surface area contributed by atoms with Gasteiger partial charge in [0.05, 0.1) is 5.69 Å². The molecule has 0 fully saturated rings. The van der Waals surface area contributed by atoms with Gasteiger partial charge in [-0.25, -0.2) is 0 Å². The van der Waals surface area contributed by atoms with E-state index in [9.17, 15) is 0 Å². The van der Waals surface area contributed by atoms with Crippen molar-refractivity contribution in [1.82, 2.24) is 20.9 Å². The minimum atomic E-state index is 0. The van der Waals surface area contributed by atoms with E-state index in [1.165, 1.54) is 11.1 Å². The molecule has 0 spiro atoms. The summed E-state index contributed by atoms with van der Waals surface area (Å²) < 4.78 is 1.82. The fraction of sp³-hybridized carbons (Fsp3) is 0.200. The van der Waals surface area contributed by atoms with Crippen molar-refractivity contribution < 1.29 is 0 Å². The van der Waals surface area contributed by atoms with E-state index in [4.69, 9.17) is 0 Å². The van der Waals surface area contributed by atoms with Crippen molar-refractivity contribution in [2.75, 3.05) is 0 Å². The van der Waals surface area contributed by atoms with Crippen molar-refractivity contribution in [3.8, 4) is 11.1 Å². The Morgan fingerprint density at radius 3 is 2.36 bits per heavy atom. The van der Waals surface area contributed by atoms with Gasteiger partial charge < -0.3 is 6.15 Å². The highest BCUT2D eigenvalue weighted by Gasteiger charge is 2.04. The summed E-state index contributed by atoms with van der Waals surface area (Å²) in [5.41, 5.74) is 3.39. The van der Waals surface area contributed by atoms with E-state index in [0.29, 0.717) is 0 Å². The summed E-state index contributed by atoms with van der Waals surface area (Å²) >= 11 is 0. The Hall–Kier alpha value is -1.68. The zero-order chi connectivity index (χ0) is 9.26. The van der Waals surface area contributed by atoms with Gasteiger partial charge in [-0.2, -0.15) is 5.10 Å². The smallest absolute Gasteiger partial charge is 0.0671 e. The van der Waals surface area contributed by atoms with Crippen LogP contribution in [-0.2, 0) is 7.05 Å². The van der Waals surface area contributed by atoms with Gasteiger partial charge in [0.2, 0.25) is 0 Å². The molecule has 0 amide bonds. The van der Waals surface area contributed by atoms with Gasteiger partial charge in [-0.15, -0.1) is 0 Å². The molecule has 0 atom stereocenters. The van der Waals surface area contributed by atoms with Crippen LogP contribution in [0.2, 0.25) is 0 Å². The predicted octanol–water partition coefficient (Wildman–Crippen LogP) is 1.95. The molecular weight excluding hydrogens is 176 g/mol. The third-order valence-electron chi connectivity index (χ3n) is 2.00. The van der Waals surface area contributed by atoms with E-state index in [0.717, 1.165) is 5.69 Å². The average molecular weight is 190 g/mol. The van der Waals surface area contributed by atoms with E-state index in [-0.39, 0.29) is 6.15 Å². The molecule has 2 heterocycles. The first-order chi connectivity index (χ1) is 6.27. The number of rotatable bonds is 1. The molecule has 0 aliphatic carbocycles. The molecule has 4 heteroatoms. The number of aromatic nitrogens is 3. The molecule has 0 saturated carbocycles. The molecule has 2 rings (SSSR count). The van der Waals surface area contributed by atoms with Gasteiger partial charge in [0.25, 0.3) is 0 Å². The maximum absolute atomic E-state index is 4.28. The van der Waals surface area contributed by atoms with Gasteiger partial charge in [0.15, 0.2) is 0 Å². The molecule has 2 aromatic rings. The van der Waals surface area contributed by atoms with Crippen molar-refractivity contribution >= 4 is 0 Å². The van der Waals surface area contributed by atoms with Crippen LogP contribution in [0.3, 0.4) is 0 Å².